The third kappa shape index (κ3) is 2.95. The minimum atomic E-state index is -2.73. The van der Waals surface area contributed by atoms with E-state index in [1.54, 1.807) is 0 Å². The molecule has 0 bridgehead atoms. The summed E-state index contributed by atoms with van der Waals surface area (Å²) in [6, 6.07) is 0.162. The highest BCUT2D eigenvalue weighted by Gasteiger charge is 2.28. The highest BCUT2D eigenvalue weighted by atomic mass is 32.2. The van der Waals surface area contributed by atoms with Crippen LogP contribution in [-0.4, -0.2) is 26.0 Å². The molecule has 0 aliphatic carbocycles. The predicted molar refractivity (Wildman–Crippen MR) is 54.2 cm³/mol. The van der Waals surface area contributed by atoms with Crippen LogP contribution in [0, 0.1) is 11.8 Å². The quantitative estimate of drug-likeness (QED) is 0.725. The fourth-order valence-corrected chi connectivity index (χ4v) is 3.37. The fourth-order valence-electron chi connectivity index (χ4n) is 1.84. The summed E-state index contributed by atoms with van der Waals surface area (Å²) in [5, 5.41) is 0. The molecule has 1 heterocycles. The van der Waals surface area contributed by atoms with Gasteiger partial charge in [-0.2, -0.15) is 0 Å². The zero-order chi connectivity index (χ0) is 10.1. The summed E-state index contributed by atoms with van der Waals surface area (Å²) in [6.45, 7) is 4.18. The molecule has 1 atom stereocenters. The van der Waals surface area contributed by atoms with E-state index >= 15 is 0 Å². The zero-order valence-electron chi connectivity index (χ0n) is 8.36. The maximum Gasteiger partial charge on any atom is 0.150 e. The molecule has 0 amide bonds. The second-order valence-electron chi connectivity index (χ2n) is 4.31. The van der Waals surface area contributed by atoms with Crippen LogP contribution in [0.2, 0.25) is 0 Å². The number of hydrogen-bond donors (Lipinski definition) is 1. The van der Waals surface area contributed by atoms with E-state index in [9.17, 15) is 8.42 Å². The fraction of sp³-hybridized carbons (Fsp3) is 1.00. The molecule has 1 fully saturated rings. The molecule has 1 aliphatic rings. The van der Waals surface area contributed by atoms with Gasteiger partial charge in [-0.3, -0.25) is 0 Å². The van der Waals surface area contributed by atoms with Gasteiger partial charge in [0.25, 0.3) is 0 Å². The van der Waals surface area contributed by atoms with Gasteiger partial charge in [-0.15, -0.1) is 0 Å². The highest BCUT2D eigenvalue weighted by molar-refractivity contribution is 7.91. The maximum absolute atomic E-state index is 11.1. The highest BCUT2D eigenvalue weighted by Crippen LogP contribution is 2.24. The van der Waals surface area contributed by atoms with Gasteiger partial charge >= 0.3 is 0 Å². The summed E-state index contributed by atoms with van der Waals surface area (Å²) in [7, 11) is -2.73. The largest absolute Gasteiger partial charge is 0.327 e. The van der Waals surface area contributed by atoms with Gasteiger partial charge in [0.1, 0.15) is 9.84 Å². The molecular weight excluding hydrogens is 186 g/mol. The van der Waals surface area contributed by atoms with Gasteiger partial charge in [0.2, 0.25) is 0 Å². The Kier molecular flexibility index (Phi) is 3.35. The van der Waals surface area contributed by atoms with Crippen LogP contribution in [0.3, 0.4) is 0 Å². The van der Waals surface area contributed by atoms with Crippen LogP contribution in [0.25, 0.3) is 0 Å². The minimum absolute atomic E-state index is 0.162. The summed E-state index contributed by atoms with van der Waals surface area (Å²) < 4.78 is 22.3. The summed E-state index contributed by atoms with van der Waals surface area (Å²) in [6.07, 6.45) is 1.50. The number of hydrogen-bond acceptors (Lipinski definition) is 3. The van der Waals surface area contributed by atoms with Crippen molar-refractivity contribution >= 4 is 9.84 Å². The van der Waals surface area contributed by atoms with Crippen LogP contribution in [0.4, 0.5) is 0 Å². The Morgan fingerprint density at radius 2 is 1.69 bits per heavy atom. The Labute approximate surface area is 80.6 Å². The Balaban J connectivity index is 2.50. The van der Waals surface area contributed by atoms with Crippen molar-refractivity contribution in [2.45, 2.75) is 32.7 Å². The molecule has 2 N–H and O–H groups in total. The Morgan fingerprint density at radius 3 is 2.08 bits per heavy atom. The summed E-state index contributed by atoms with van der Waals surface area (Å²) in [5.41, 5.74) is 5.98. The van der Waals surface area contributed by atoms with Gasteiger partial charge in [-0.1, -0.05) is 13.8 Å². The van der Waals surface area contributed by atoms with E-state index in [-0.39, 0.29) is 6.04 Å². The van der Waals surface area contributed by atoms with E-state index in [2.05, 4.69) is 13.8 Å². The van der Waals surface area contributed by atoms with E-state index < -0.39 is 9.84 Å². The van der Waals surface area contributed by atoms with Crippen LogP contribution in [-0.2, 0) is 9.84 Å². The molecule has 0 spiro atoms. The first-order chi connectivity index (χ1) is 5.92. The van der Waals surface area contributed by atoms with Crippen molar-refractivity contribution in [1.29, 1.82) is 0 Å². The lowest BCUT2D eigenvalue weighted by atomic mass is 9.87. The van der Waals surface area contributed by atoms with Gasteiger partial charge in [-0.25, -0.2) is 8.42 Å². The van der Waals surface area contributed by atoms with E-state index in [1.165, 1.54) is 0 Å². The number of nitrogens with two attached hydrogens (primary N) is 1. The Bertz CT molecular complexity index is 245. The van der Waals surface area contributed by atoms with E-state index in [0.717, 1.165) is 12.8 Å². The van der Waals surface area contributed by atoms with Gasteiger partial charge < -0.3 is 5.73 Å². The molecule has 13 heavy (non-hydrogen) atoms. The van der Waals surface area contributed by atoms with Crippen molar-refractivity contribution in [2.75, 3.05) is 11.5 Å². The average molecular weight is 205 g/mol. The average Bonchev–Trinajstić information content (AvgIpc) is 2.03. The lowest BCUT2D eigenvalue weighted by Crippen LogP contribution is -2.39. The summed E-state index contributed by atoms with van der Waals surface area (Å²) in [5.74, 6) is 1.52. The predicted octanol–water partition coefficient (Wildman–Crippen LogP) is 0.794. The second-order valence-corrected chi connectivity index (χ2v) is 6.61. The molecule has 0 aromatic rings. The molecule has 0 saturated carbocycles. The topological polar surface area (TPSA) is 60.2 Å². The molecular formula is C9H19NO2S. The van der Waals surface area contributed by atoms with Gasteiger partial charge in [0.05, 0.1) is 11.5 Å². The molecule has 1 aliphatic heterocycles. The molecule has 3 nitrogen and oxygen atoms in total. The molecule has 0 aromatic heterocycles. The van der Waals surface area contributed by atoms with E-state index in [1.807, 2.05) is 0 Å². The molecule has 0 aromatic carbocycles. The van der Waals surface area contributed by atoms with Crippen LogP contribution in [0.1, 0.15) is 26.7 Å². The van der Waals surface area contributed by atoms with E-state index in [4.69, 9.17) is 5.73 Å². The SMILES string of the molecule is CC(C)C(N)C1CCS(=O)(=O)CC1. The van der Waals surface area contributed by atoms with Gasteiger partial charge in [0, 0.05) is 6.04 Å². The minimum Gasteiger partial charge on any atom is -0.327 e. The van der Waals surface area contributed by atoms with Crippen LogP contribution in [0.15, 0.2) is 0 Å². The second kappa shape index (κ2) is 3.96. The first kappa shape index (κ1) is 11.0. The van der Waals surface area contributed by atoms with Gasteiger partial charge in [0.15, 0.2) is 0 Å². The Morgan fingerprint density at radius 1 is 1.23 bits per heavy atom. The van der Waals surface area contributed by atoms with Gasteiger partial charge in [-0.05, 0) is 24.7 Å². The number of rotatable bonds is 2. The molecule has 1 saturated heterocycles. The smallest absolute Gasteiger partial charge is 0.150 e. The van der Waals surface area contributed by atoms with Crippen molar-refractivity contribution in [3.63, 3.8) is 0 Å². The zero-order valence-corrected chi connectivity index (χ0v) is 9.18. The number of sulfone groups is 1. The summed E-state index contributed by atoms with van der Waals surface area (Å²) in [4.78, 5) is 0. The van der Waals surface area contributed by atoms with E-state index in [0.29, 0.717) is 23.3 Å². The van der Waals surface area contributed by atoms with Crippen molar-refractivity contribution < 1.29 is 8.42 Å². The molecule has 4 heteroatoms. The Hall–Kier alpha value is -0.0900. The first-order valence-electron chi connectivity index (χ1n) is 4.88. The lowest BCUT2D eigenvalue weighted by Gasteiger charge is -2.29. The molecule has 1 unspecified atom stereocenters. The standard InChI is InChI=1S/C9H19NO2S/c1-7(2)9(10)8-3-5-13(11,12)6-4-8/h7-9H,3-6,10H2,1-2H3. The van der Waals surface area contributed by atoms with Crippen LogP contribution in [0.5, 0.6) is 0 Å². The van der Waals surface area contributed by atoms with Crippen molar-refractivity contribution in [2.24, 2.45) is 17.6 Å². The normalized spacial score (nSPS) is 26.2. The van der Waals surface area contributed by atoms with Crippen molar-refractivity contribution in [1.82, 2.24) is 0 Å². The van der Waals surface area contributed by atoms with Crippen molar-refractivity contribution in [3.8, 4) is 0 Å². The lowest BCUT2D eigenvalue weighted by molar-refractivity contribution is 0.318. The molecule has 78 valence electrons. The third-order valence-electron chi connectivity index (χ3n) is 2.91. The maximum atomic E-state index is 11.1. The third-order valence-corrected chi connectivity index (χ3v) is 4.63. The first-order valence-corrected chi connectivity index (χ1v) is 6.70. The molecule has 0 radical (unpaired) electrons. The molecule has 1 rings (SSSR count). The monoisotopic (exact) mass is 205 g/mol. The van der Waals surface area contributed by atoms with Crippen molar-refractivity contribution in [3.05, 3.63) is 0 Å². The summed E-state index contributed by atoms with van der Waals surface area (Å²) >= 11 is 0. The van der Waals surface area contributed by atoms with Crippen LogP contribution >= 0.6 is 0 Å². The van der Waals surface area contributed by atoms with Crippen LogP contribution < -0.4 is 5.73 Å².